The van der Waals surface area contributed by atoms with Crippen molar-refractivity contribution in [1.82, 2.24) is 15.1 Å². The molecular formula is C22H27N5O4. The maximum absolute atomic E-state index is 9.75. The van der Waals surface area contributed by atoms with E-state index < -0.39 is 5.92 Å². The maximum atomic E-state index is 9.75. The average Bonchev–Trinajstić information content (AvgIpc) is 3.14. The SMILES string of the molecule is CCOc1cc([C@@H]2C(C#N)=C(N)Oc3n[nH]c(C)c32)ccc1OCCN1CCOCC1. The van der Waals surface area contributed by atoms with Crippen LogP contribution in [0.2, 0.25) is 0 Å². The van der Waals surface area contributed by atoms with E-state index in [1.807, 2.05) is 32.0 Å². The lowest BCUT2D eigenvalue weighted by Crippen LogP contribution is -2.38. The molecule has 1 fully saturated rings. The van der Waals surface area contributed by atoms with Gasteiger partial charge in [-0.25, -0.2) is 0 Å². The molecule has 0 amide bonds. The molecule has 0 bridgehead atoms. The quantitative estimate of drug-likeness (QED) is 0.692. The highest BCUT2D eigenvalue weighted by Gasteiger charge is 2.34. The van der Waals surface area contributed by atoms with Crippen LogP contribution in [0.25, 0.3) is 0 Å². The molecule has 0 saturated carbocycles. The van der Waals surface area contributed by atoms with Crippen LogP contribution in [0.5, 0.6) is 17.4 Å². The van der Waals surface area contributed by atoms with E-state index in [9.17, 15) is 5.26 Å². The molecule has 2 aromatic rings. The molecule has 2 aliphatic rings. The van der Waals surface area contributed by atoms with Gasteiger partial charge in [0, 0.05) is 30.9 Å². The molecule has 0 radical (unpaired) electrons. The van der Waals surface area contributed by atoms with Gasteiger partial charge < -0.3 is 24.7 Å². The van der Waals surface area contributed by atoms with Crippen LogP contribution >= 0.6 is 0 Å². The smallest absolute Gasteiger partial charge is 0.244 e. The molecule has 164 valence electrons. The van der Waals surface area contributed by atoms with Crippen molar-refractivity contribution in [3.05, 3.63) is 46.5 Å². The van der Waals surface area contributed by atoms with Crippen molar-refractivity contribution >= 4 is 0 Å². The Bertz CT molecular complexity index is 1000. The number of hydrogen-bond donors (Lipinski definition) is 2. The number of nitrogens with zero attached hydrogens (tertiary/aromatic N) is 3. The van der Waals surface area contributed by atoms with Gasteiger partial charge in [0.1, 0.15) is 18.2 Å². The fraction of sp³-hybridized carbons (Fsp3) is 0.455. The third-order valence-electron chi connectivity index (χ3n) is 5.50. The Morgan fingerprint density at radius 1 is 1.29 bits per heavy atom. The molecule has 3 N–H and O–H groups in total. The molecule has 0 spiro atoms. The van der Waals surface area contributed by atoms with Gasteiger partial charge in [-0.05, 0) is 31.5 Å². The van der Waals surface area contributed by atoms with Gasteiger partial charge in [-0.1, -0.05) is 6.07 Å². The summed E-state index contributed by atoms with van der Waals surface area (Å²) in [5.74, 6) is 1.37. The zero-order valence-corrected chi connectivity index (χ0v) is 17.8. The van der Waals surface area contributed by atoms with Crippen molar-refractivity contribution in [2.45, 2.75) is 19.8 Å². The zero-order valence-electron chi connectivity index (χ0n) is 17.8. The molecular weight excluding hydrogens is 398 g/mol. The minimum Gasteiger partial charge on any atom is -0.490 e. The van der Waals surface area contributed by atoms with E-state index in [4.69, 9.17) is 24.7 Å². The number of aromatic amines is 1. The van der Waals surface area contributed by atoms with Crippen molar-refractivity contribution < 1.29 is 18.9 Å². The second kappa shape index (κ2) is 9.29. The van der Waals surface area contributed by atoms with Gasteiger partial charge in [0.05, 0.1) is 25.7 Å². The number of rotatable bonds is 7. The van der Waals surface area contributed by atoms with Gasteiger partial charge in [-0.3, -0.25) is 10.00 Å². The molecule has 2 aliphatic heterocycles. The first-order valence-corrected chi connectivity index (χ1v) is 10.4. The molecule has 1 atom stereocenters. The summed E-state index contributed by atoms with van der Waals surface area (Å²) in [6.45, 7) is 9.05. The summed E-state index contributed by atoms with van der Waals surface area (Å²) < 4.78 is 22.8. The van der Waals surface area contributed by atoms with E-state index >= 15 is 0 Å². The number of ether oxygens (including phenoxy) is 4. The lowest BCUT2D eigenvalue weighted by Gasteiger charge is -2.27. The molecule has 1 aromatic heterocycles. The number of benzene rings is 1. The van der Waals surface area contributed by atoms with Gasteiger partial charge in [-0.2, -0.15) is 5.26 Å². The van der Waals surface area contributed by atoms with Crippen LogP contribution in [0, 0.1) is 18.3 Å². The minimum atomic E-state index is -0.394. The maximum Gasteiger partial charge on any atom is 0.244 e. The molecule has 0 unspecified atom stereocenters. The predicted molar refractivity (Wildman–Crippen MR) is 113 cm³/mol. The Morgan fingerprint density at radius 2 is 2.10 bits per heavy atom. The third-order valence-corrected chi connectivity index (χ3v) is 5.50. The third kappa shape index (κ3) is 4.31. The summed E-state index contributed by atoms with van der Waals surface area (Å²) >= 11 is 0. The van der Waals surface area contributed by atoms with E-state index in [1.165, 1.54) is 0 Å². The Labute approximate surface area is 181 Å². The van der Waals surface area contributed by atoms with Gasteiger partial charge in [0.15, 0.2) is 11.5 Å². The standard InChI is InChI=1S/C22H27N5O4/c1-3-29-18-12-15(4-5-17(18)30-11-8-27-6-9-28-10-7-27)20-16(13-23)21(24)31-22-19(20)14(2)25-26-22/h4-5,12,20H,3,6-11,24H2,1-2H3,(H,25,26)/t20-/m1/s1. The van der Waals surface area contributed by atoms with Crippen molar-refractivity contribution in [3.8, 4) is 23.4 Å². The Kier molecular flexibility index (Phi) is 6.30. The van der Waals surface area contributed by atoms with E-state index in [0.717, 1.165) is 49.7 Å². The molecule has 1 saturated heterocycles. The number of nitriles is 1. The summed E-state index contributed by atoms with van der Waals surface area (Å²) in [6, 6.07) is 7.92. The summed E-state index contributed by atoms with van der Waals surface area (Å²) in [5, 5.41) is 16.8. The first kappa shape index (κ1) is 21.0. The van der Waals surface area contributed by atoms with Crippen LogP contribution in [-0.4, -0.2) is 61.2 Å². The van der Waals surface area contributed by atoms with Gasteiger partial charge in [0.25, 0.3) is 0 Å². The van der Waals surface area contributed by atoms with Crippen LogP contribution in [0.1, 0.15) is 29.7 Å². The van der Waals surface area contributed by atoms with E-state index in [2.05, 4.69) is 21.2 Å². The molecule has 9 heteroatoms. The topological polar surface area (TPSA) is 119 Å². The highest BCUT2D eigenvalue weighted by molar-refractivity contribution is 5.57. The number of hydrogen-bond acceptors (Lipinski definition) is 8. The fourth-order valence-electron chi connectivity index (χ4n) is 3.93. The average molecular weight is 425 g/mol. The number of morpholine rings is 1. The summed E-state index contributed by atoms with van der Waals surface area (Å²) in [5.41, 5.74) is 8.85. The molecule has 3 heterocycles. The lowest BCUT2D eigenvalue weighted by atomic mass is 9.84. The van der Waals surface area contributed by atoms with E-state index in [-0.39, 0.29) is 5.88 Å². The molecule has 4 rings (SSSR count). The Morgan fingerprint density at radius 3 is 2.84 bits per heavy atom. The number of allylic oxidation sites excluding steroid dienone is 1. The minimum absolute atomic E-state index is 0.0651. The van der Waals surface area contributed by atoms with Gasteiger partial charge in [0.2, 0.25) is 11.8 Å². The van der Waals surface area contributed by atoms with Crippen LogP contribution < -0.4 is 19.9 Å². The normalized spacial score (nSPS) is 18.8. The van der Waals surface area contributed by atoms with E-state index in [0.29, 0.717) is 36.2 Å². The number of H-pyrrole nitrogens is 1. The summed E-state index contributed by atoms with van der Waals surface area (Å²) in [4.78, 5) is 2.32. The van der Waals surface area contributed by atoms with E-state index in [1.54, 1.807) is 0 Å². The molecule has 0 aliphatic carbocycles. The largest absolute Gasteiger partial charge is 0.490 e. The van der Waals surface area contributed by atoms with Gasteiger partial charge >= 0.3 is 0 Å². The first-order valence-electron chi connectivity index (χ1n) is 10.4. The van der Waals surface area contributed by atoms with Crippen molar-refractivity contribution in [3.63, 3.8) is 0 Å². The number of nitrogens with two attached hydrogens (primary N) is 1. The number of aromatic nitrogens is 2. The summed E-state index contributed by atoms with van der Waals surface area (Å²) in [6.07, 6.45) is 0. The van der Waals surface area contributed by atoms with Crippen LogP contribution in [0.3, 0.4) is 0 Å². The number of aryl methyl sites for hydroxylation is 1. The Balaban J connectivity index is 1.59. The predicted octanol–water partition coefficient (Wildman–Crippen LogP) is 2.05. The fourth-order valence-corrected chi connectivity index (χ4v) is 3.93. The number of fused-ring (bicyclic) bond motifs is 1. The van der Waals surface area contributed by atoms with Crippen molar-refractivity contribution in [2.75, 3.05) is 46.1 Å². The molecule has 1 aromatic carbocycles. The molecule has 31 heavy (non-hydrogen) atoms. The Hall–Kier alpha value is -3.22. The van der Waals surface area contributed by atoms with Crippen LogP contribution in [0.4, 0.5) is 0 Å². The highest BCUT2D eigenvalue weighted by Crippen LogP contribution is 2.44. The van der Waals surface area contributed by atoms with Crippen LogP contribution in [0.15, 0.2) is 29.7 Å². The first-order chi connectivity index (χ1) is 15.1. The second-order valence-corrected chi connectivity index (χ2v) is 7.43. The second-order valence-electron chi connectivity index (χ2n) is 7.43. The summed E-state index contributed by atoms with van der Waals surface area (Å²) in [7, 11) is 0. The van der Waals surface area contributed by atoms with Crippen LogP contribution in [-0.2, 0) is 4.74 Å². The zero-order chi connectivity index (χ0) is 21.8. The number of nitrogens with one attached hydrogen (secondary N) is 1. The highest BCUT2D eigenvalue weighted by atomic mass is 16.5. The lowest BCUT2D eigenvalue weighted by molar-refractivity contribution is 0.0321. The monoisotopic (exact) mass is 425 g/mol. The van der Waals surface area contributed by atoms with Gasteiger partial charge in [-0.15, -0.1) is 5.10 Å². The van der Waals surface area contributed by atoms with Crippen molar-refractivity contribution in [2.24, 2.45) is 5.73 Å². The molecule has 9 nitrogen and oxygen atoms in total. The van der Waals surface area contributed by atoms with Crippen molar-refractivity contribution in [1.29, 1.82) is 5.26 Å².